The Bertz CT molecular complexity index is 773. The number of nitrogens with zero attached hydrogens (tertiary/aromatic N) is 3. The van der Waals surface area contributed by atoms with Crippen molar-refractivity contribution in [3.8, 4) is 0 Å². The van der Waals surface area contributed by atoms with Crippen LogP contribution in [0.25, 0.3) is 0 Å². The second kappa shape index (κ2) is 8.08. The van der Waals surface area contributed by atoms with E-state index in [4.69, 9.17) is 16.1 Å². The molecule has 0 saturated heterocycles. The predicted octanol–water partition coefficient (Wildman–Crippen LogP) is 4.34. The van der Waals surface area contributed by atoms with Crippen LogP contribution in [0.15, 0.2) is 59.1 Å². The first-order valence-corrected chi connectivity index (χ1v) is 8.43. The monoisotopic (exact) mass is 341 g/mol. The predicted molar refractivity (Wildman–Crippen MR) is 94.8 cm³/mol. The first-order valence-electron chi connectivity index (χ1n) is 8.05. The summed E-state index contributed by atoms with van der Waals surface area (Å²) in [4.78, 5) is 6.76. The molecule has 24 heavy (non-hydrogen) atoms. The molecule has 0 amide bonds. The molecular formula is C19H20ClN3O. The van der Waals surface area contributed by atoms with E-state index in [0.29, 0.717) is 24.7 Å². The summed E-state index contributed by atoms with van der Waals surface area (Å²) in [6.45, 7) is 4.54. The first kappa shape index (κ1) is 16.7. The fourth-order valence-corrected chi connectivity index (χ4v) is 2.75. The maximum atomic E-state index is 6.18. The van der Waals surface area contributed by atoms with E-state index in [1.807, 2.05) is 30.3 Å². The normalized spacial score (nSPS) is 11.1. The highest BCUT2D eigenvalue weighted by Gasteiger charge is 2.12. The van der Waals surface area contributed by atoms with Crippen molar-refractivity contribution in [2.75, 3.05) is 6.54 Å². The highest BCUT2D eigenvalue weighted by Crippen LogP contribution is 2.18. The lowest BCUT2D eigenvalue weighted by atomic mass is 10.1. The standard InChI is InChI=1S/C19H20ClN3O/c1-2-23(13-15-8-4-3-5-9-15)14-19-21-18(22-24-19)12-16-10-6-7-11-17(16)20/h3-11H,2,12-14H2,1H3. The van der Waals surface area contributed by atoms with Gasteiger partial charge in [-0.3, -0.25) is 4.90 Å². The Hall–Kier alpha value is -2.17. The number of rotatable bonds is 7. The van der Waals surface area contributed by atoms with Gasteiger partial charge in [-0.25, -0.2) is 0 Å². The van der Waals surface area contributed by atoms with Gasteiger partial charge in [0.15, 0.2) is 5.82 Å². The van der Waals surface area contributed by atoms with E-state index in [9.17, 15) is 0 Å². The van der Waals surface area contributed by atoms with E-state index in [-0.39, 0.29) is 0 Å². The Balaban J connectivity index is 1.63. The third kappa shape index (κ3) is 4.43. The molecule has 0 spiro atoms. The molecule has 0 aliphatic heterocycles. The third-order valence-corrected chi connectivity index (χ3v) is 4.24. The lowest BCUT2D eigenvalue weighted by Gasteiger charge is -2.18. The zero-order chi connectivity index (χ0) is 16.8. The summed E-state index contributed by atoms with van der Waals surface area (Å²) in [5, 5.41) is 4.80. The lowest BCUT2D eigenvalue weighted by molar-refractivity contribution is 0.228. The van der Waals surface area contributed by atoms with Crippen molar-refractivity contribution in [3.63, 3.8) is 0 Å². The lowest BCUT2D eigenvalue weighted by Crippen LogP contribution is -2.22. The van der Waals surface area contributed by atoms with Crippen LogP contribution in [-0.4, -0.2) is 21.6 Å². The van der Waals surface area contributed by atoms with Gasteiger partial charge in [0.25, 0.3) is 0 Å². The van der Waals surface area contributed by atoms with Crippen LogP contribution < -0.4 is 0 Å². The minimum absolute atomic E-state index is 0.577. The van der Waals surface area contributed by atoms with Gasteiger partial charge in [-0.1, -0.05) is 72.2 Å². The van der Waals surface area contributed by atoms with Crippen LogP contribution >= 0.6 is 11.6 Å². The molecular weight excluding hydrogens is 322 g/mol. The summed E-state index contributed by atoms with van der Waals surface area (Å²) in [6, 6.07) is 18.1. The minimum Gasteiger partial charge on any atom is -0.338 e. The van der Waals surface area contributed by atoms with Crippen LogP contribution in [-0.2, 0) is 19.5 Å². The topological polar surface area (TPSA) is 42.2 Å². The molecule has 0 fully saturated rings. The summed E-state index contributed by atoms with van der Waals surface area (Å²) in [5.74, 6) is 1.30. The summed E-state index contributed by atoms with van der Waals surface area (Å²) in [7, 11) is 0. The Morgan fingerprint density at radius 2 is 1.75 bits per heavy atom. The van der Waals surface area contributed by atoms with Crippen LogP contribution in [0, 0.1) is 0 Å². The van der Waals surface area contributed by atoms with Crippen molar-refractivity contribution in [1.82, 2.24) is 15.0 Å². The molecule has 124 valence electrons. The fourth-order valence-electron chi connectivity index (χ4n) is 2.55. The second-order valence-electron chi connectivity index (χ2n) is 5.66. The molecule has 0 saturated carbocycles. The molecule has 4 nitrogen and oxygen atoms in total. The molecule has 0 unspecified atom stereocenters. The highest BCUT2D eigenvalue weighted by molar-refractivity contribution is 6.31. The summed E-state index contributed by atoms with van der Waals surface area (Å²) >= 11 is 6.18. The molecule has 0 radical (unpaired) electrons. The van der Waals surface area contributed by atoms with Crippen molar-refractivity contribution in [3.05, 3.63) is 82.5 Å². The van der Waals surface area contributed by atoms with Crippen LogP contribution in [0.4, 0.5) is 0 Å². The Kier molecular flexibility index (Phi) is 5.62. The zero-order valence-electron chi connectivity index (χ0n) is 13.7. The van der Waals surface area contributed by atoms with Gasteiger partial charge >= 0.3 is 0 Å². The second-order valence-corrected chi connectivity index (χ2v) is 6.07. The molecule has 0 N–H and O–H groups in total. The van der Waals surface area contributed by atoms with Crippen molar-refractivity contribution >= 4 is 11.6 Å². The maximum Gasteiger partial charge on any atom is 0.240 e. The van der Waals surface area contributed by atoms with Crippen molar-refractivity contribution in [1.29, 1.82) is 0 Å². The van der Waals surface area contributed by atoms with Crippen LogP contribution in [0.5, 0.6) is 0 Å². The number of halogens is 1. The molecule has 1 aromatic heterocycles. The fraction of sp³-hybridized carbons (Fsp3) is 0.263. The maximum absolute atomic E-state index is 6.18. The summed E-state index contributed by atoms with van der Waals surface area (Å²) in [6.07, 6.45) is 0.577. The summed E-state index contributed by atoms with van der Waals surface area (Å²) < 4.78 is 5.40. The number of hydrogen-bond donors (Lipinski definition) is 0. The van der Waals surface area contributed by atoms with E-state index in [0.717, 1.165) is 23.7 Å². The average molecular weight is 342 g/mol. The van der Waals surface area contributed by atoms with E-state index in [2.05, 4.69) is 46.2 Å². The molecule has 2 aromatic carbocycles. The van der Waals surface area contributed by atoms with Crippen molar-refractivity contribution < 1.29 is 4.52 Å². The van der Waals surface area contributed by atoms with Gasteiger partial charge in [-0.2, -0.15) is 4.98 Å². The van der Waals surface area contributed by atoms with E-state index in [1.165, 1.54) is 5.56 Å². The van der Waals surface area contributed by atoms with Gasteiger partial charge in [0, 0.05) is 18.0 Å². The molecule has 3 rings (SSSR count). The average Bonchev–Trinajstić information content (AvgIpc) is 3.04. The molecule has 0 atom stereocenters. The van der Waals surface area contributed by atoms with Crippen LogP contribution in [0.3, 0.4) is 0 Å². The number of benzene rings is 2. The van der Waals surface area contributed by atoms with Crippen LogP contribution in [0.1, 0.15) is 29.8 Å². The molecule has 3 aromatic rings. The quantitative estimate of drug-likeness (QED) is 0.641. The molecule has 0 aliphatic carbocycles. The van der Waals surface area contributed by atoms with E-state index in [1.54, 1.807) is 0 Å². The Labute approximate surface area is 147 Å². The SMILES string of the molecule is CCN(Cc1ccccc1)Cc1nc(Cc2ccccc2Cl)no1. The van der Waals surface area contributed by atoms with Crippen molar-refractivity contribution in [2.45, 2.75) is 26.4 Å². The van der Waals surface area contributed by atoms with Gasteiger partial charge in [0.2, 0.25) is 5.89 Å². The smallest absolute Gasteiger partial charge is 0.240 e. The molecule has 0 bridgehead atoms. The van der Waals surface area contributed by atoms with Gasteiger partial charge in [-0.15, -0.1) is 0 Å². The van der Waals surface area contributed by atoms with E-state index < -0.39 is 0 Å². The van der Waals surface area contributed by atoms with Gasteiger partial charge in [-0.05, 0) is 23.7 Å². The first-order chi connectivity index (χ1) is 11.7. The van der Waals surface area contributed by atoms with Gasteiger partial charge in [0.1, 0.15) is 0 Å². The molecule has 0 aliphatic rings. The minimum atomic E-state index is 0.577. The molecule has 1 heterocycles. The number of aromatic nitrogens is 2. The van der Waals surface area contributed by atoms with Crippen molar-refractivity contribution in [2.24, 2.45) is 0 Å². The Morgan fingerprint density at radius 3 is 2.50 bits per heavy atom. The van der Waals surface area contributed by atoms with Gasteiger partial charge < -0.3 is 4.52 Å². The summed E-state index contributed by atoms with van der Waals surface area (Å²) in [5.41, 5.74) is 2.28. The Morgan fingerprint density at radius 1 is 1.00 bits per heavy atom. The third-order valence-electron chi connectivity index (χ3n) is 3.87. The van der Waals surface area contributed by atoms with Gasteiger partial charge in [0.05, 0.1) is 6.54 Å². The van der Waals surface area contributed by atoms with Crippen LogP contribution in [0.2, 0.25) is 5.02 Å². The van der Waals surface area contributed by atoms with E-state index >= 15 is 0 Å². The molecule has 5 heteroatoms. The largest absolute Gasteiger partial charge is 0.338 e. The highest BCUT2D eigenvalue weighted by atomic mass is 35.5. The zero-order valence-corrected chi connectivity index (χ0v) is 14.4. The number of hydrogen-bond acceptors (Lipinski definition) is 4.